The second kappa shape index (κ2) is 38.5. The second-order valence-corrected chi connectivity index (χ2v) is 27.9. The van der Waals surface area contributed by atoms with Crippen LogP contribution in [-0.4, -0.2) is 17.3 Å². The third kappa shape index (κ3) is 20.8. The van der Waals surface area contributed by atoms with E-state index in [9.17, 15) is 5.11 Å². The van der Waals surface area contributed by atoms with Crippen molar-refractivity contribution in [2.75, 3.05) is 0 Å². The fourth-order valence-electron chi connectivity index (χ4n) is 13.5. The highest BCUT2D eigenvalue weighted by molar-refractivity contribution is 5.59. The fourth-order valence-corrected chi connectivity index (χ4v) is 13.5. The molecule has 0 aliphatic carbocycles. The Morgan fingerprint density at radius 1 is 0.246 bits per heavy atom. The predicted octanol–water partition coefficient (Wildman–Crippen LogP) is 21.2. The molecule has 0 saturated carbocycles. The number of hydrogen-bond donors (Lipinski definition) is 2. The standard InChI is InChI=1S/C50H45NO6.C50H44O7/c2*51-44-30-43-45(53-32-37-18-8-2-9-19-37)28-42(52-31-36-16-6-1-7-17-36)29-46(43)57-49(44)41-26-47(54-33-38-20-10-3-11-21-38)50(56-35-40-24-14-5-15-25-40)48(27-41)55-34-39-22-12-4-13-23-39/h1-29,44,49H,30-35,51H2;1-29,44,49,51H,30-35H2/t44-,49-;44-,49+/m10/s1. The number of nitrogens with two attached hydrogens (primary N) is 1. The Morgan fingerprint density at radius 3 is 0.737 bits per heavy atom. The quantitative estimate of drug-likeness (QED) is 0.0410. The van der Waals surface area contributed by atoms with E-state index in [0.29, 0.717) is 147 Å². The monoisotopic (exact) mass is 1510 g/mol. The maximum atomic E-state index is 11.9. The first kappa shape index (κ1) is 76.0. The zero-order valence-electron chi connectivity index (χ0n) is 63.2. The van der Waals surface area contributed by atoms with Crippen LogP contribution in [0.5, 0.6) is 69.0 Å². The van der Waals surface area contributed by atoms with Gasteiger partial charge in [-0.05, 0) is 86.3 Å². The van der Waals surface area contributed by atoms with Crippen molar-refractivity contribution in [2.24, 2.45) is 5.73 Å². The summed E-state index contributed by atoms with van der Waals surface area (Å²) in [6, 6.07) is 115. The van der Waals surface area contributed by atoms with Crippen LogP contribution in [0.15, 0.2) is 352 Å². The van der Waals surface area contributed by atoms with Crippen LogP contribution in [0.3, 0.4) is 0 Å². The molecule has 2 aliphatic rings. The third-order valence-corrected chi connectivity index (χ3v) is 19.5. The molecule has 0 saturated heterocycles. The largest absolute Gasteiger partial charge is 0.489 e. The molecule has 2 aliphatic heterocycles. The van der Waals surface area contributed by atoms with E-state index in [1.54, 1.807) is 0 Å². The van der Waals surface area contributed by atoms with Crippen LogP contribution in [0.1, 0.15) is 90.1 Å². The number of fused-ring (bicyclic) bond motifs is 2. The van der Waals surface area contributed by atoms with Gasteiger partial charge in [0.1, 0.15) is 107 Å². The van der Waals surface area contributed by atoms with E-state index < -0.39 is 24.4 Å². The summed E-state index contributed by atoms with van der Waals surface area (Å²) in [7, 11) is 0. The van der Waals surface area contributed by atoms with Crippen LogP contribution < -0.4 is 62.6 Å². The first-order valence-electron chi connectivity index (χ1n) is 38.4. The fraction of sp³-hybridized carbons (Fsp3) is 0.160. The Kier molecular flexibility index (Phi) is 25.7. The average Bonchev–Trinajstić information content (AvgIpc) is 0.773. The minimum absolute atomic E-state index is 0.287. The minimum atomic E-state index is -0.923. The molecule has 2 heterocycles. The van der Waals surface area contributed by atoms with E-state index in [0.717, 1.165) is 72.3 Å². The molecule has 3 N–H and O–H groups in total. The maximum absolute atomic E-state index is 11.9. The smallest absolute Gasteiger partial charge is 0.203 e. The molecule has 0 spiro atoms. The summed E-state index contributed by atoms with van der Waals surface area (Å²) in [5, 5.41) is 11.9. The van der Waals surface area contributed by atoms with E-state index >= 15 is 0 Å². The molecule has 0 aromatic heterocycles. The van der Waals surface area contributed by atoms with Gasteiger partial charge in [0, 0.05) is 52.9 Å². The van der Waals surface area contributed by atoms with Gasteiger partial charge in [-0.15, -0.1) is 0 Å². The topological polar surface area (TPSA) is 157 Å². The number of aliphatic hydroxyl groups is 1. The van der Waals surface area contributed by atoms with Gasteiger partial charge in [-0.2, -0.15) is 0 Å². The Labute approximate surface area is 666 Å². The Hall–Kier alpha value is -13.4. The summed E-state index contributed by atoms with van der Waals surface area (Å²) >= 11 is 0. The molecule has 14 aromatic carbocycles. The summed E-state index contributed by atoms with van der Waals surface area (Å²) in [5.41, 5.74) is 20.4. The zero-order valence-corrected chi connectivity index (χ0v) is 63.2. The van der Waals surface area contributed by atoms with Crippen LogP contribution in [-0.2, 0) is 78.9 Å². The average molecular weight is 1510 g/mol. The third-order valence-electron chi connectivity index (χ3n) is 19.5. The molecule has 14 nitrogen and oxygen atoms in total. The van der Waals surface area contributed by atoms with Crippen molar-refractivity contribution in [3.8, 4) is 69.0 Å². The molecular formula is C100H89NO13. The summed E-state index contributed by atoms with van der Waals surface area (Å²) in [6.07, 6.45) is -1.45. The lowest BCUT2D eigenvalue weighted by molar-refractivity contribution is 0.0191. The van der Waals surface area contributed by atoms with Gasteiger partial charge in [0.05, 0.1) is 12.1 Å². The van der Waals surface area contributed by atoms with Crippen LogP contribution in [0.4, 0.5) is 0 Å². The van der Waals surface area contributed by atoms with Crippen LogP contribution in [0.2, 0.25) is 0 Å². The number of rotatable bonds is 32. The lowest BCUT2D eigenvalue weighted by Gasteiger charge is -2.33. The van der Waals surface area contributed by atoms with Crippen LogP contribution in [0, 0.1) is 0 Å². The molecular weight excluding hydrogens is 1420 g/mol. The van der Waals surface area contributed by atoms with Gasteiger partial charge in [0.2, 0.25) is 11.5 Å². The summed E-state index contributed by atoms with van der Waals surface area (Å²) in [4.78, 5) is 0. The van der Waals surface area contributed by atoms with E-state index in [1.165, 1.54) is 0 Å². The lowest BCUT2D eigenvalue weighted by atomic mass is 9.92. The number of hydrogen-bond acceptors (Lipinski definition) is 14. The molecule has 0 unspecified atom stereocenters. The molecule has 0 radical (unpaired) electrons. The van der Waals surface area contributed by atoms with Crippen molar-refractivity contribution >= 4 is 0 Å². The number of ether oxygens (including phenoxy) is 12. The zero-order chi connectivity index (χ0) is 77.3. The first-order valence-corrected chi connectivity index (χ1v) is 38.4. The Bertz CT molecular complexity index is 4850. The minimum Gasteiger partial charge on any atom is -0.489 e. The molecule has 4 atom stereocenters. The molecule has 0 fully saturated rings. The highest BCUT2D eigenvalue weighted by atomic mass is 16.6. The van der Waals surface area contributed by atoms with Crippen molar-refractivity contribution in [1.29, 1.82) is 0 Å². The molecule has 14 aromatic rings. The SMILES string of the molecule is N[C@@H]1Cc2c(OCc3ccccc3)cc(OCc3ccccc3)cc2O[C@@H]1c1cc(OCc2ccccc2)c(OCc2ccccc2)c(OCc2ccccc2)c1.O[C@H]1Cc2c(OCc3ccccc3)cc(OCc3ccccc3)cc2O[C@@H]1c1cc(OCc2ccccc2)c(OCc2ccccc2)c(OCc2ccccc2)c1. The van der Waals surface area contributed by atoms with Crippen molar-refractivity contribution in [2.45, 2.75) is 103 Å². The number of aliphatic hydroxyl groups excluding tert-OH is 1. The van der Waals surface area contributed by atoms with E-state index in [-0.39, 0.29) is 6.42 Å². The van der Waals surface area contributed by atoms with Crippen molar-refractivity contribution < 1.29 is 61.9 Å². The second-order valence-electron chi connectivity index (χ2n) is 27.9. The van der Waals surface area contributed by atoms with Gasteiger partial charge in [-0.3, -0.25) is 0 Å². The Morgan fingerprint density at radius 2 is 0.465 bits per heavy atom. The normalized spacial score (nSPS) is 14.5. The lowest BCUT2D eigenvalue weighted by Crippen LogP contribution is -2.37. The first-order chi connectivity index (χ1) is 56.3. The van der Waals surface area contributed by atoms with Gasteiger partial charge >= 0.3 is 0 Å². The predicted molar refractivity (Wildman–Crippen MR) is 442 cm³/mol. The summed E-state index contributed by atoms with van der Waals surface area (Å²) in [6.45, 7) is 3.39. The van der Waals surface area contributed by atoms with Gasteiger partial charge < -0.3 is 67.7 Å². The molecule has 14 heteroatoms. The van der Waals surface area contributed by atoms with E-state index in [4.69, 9.17) is 62.6 Å². The van der Waals surface area contributed by atoms with Gasteiger partial charge in [-0.1, -0.05) is 303 Å². The van der Waals surface area contributed by atoms with Crippen molar-refractivity contribution in [3.63, 3.8) is 0 Å². The van der Waals surface area contributed by atoms with Crippen LogP contribution >= 0.6 is 0 Å². The molecule has 0 amide bonds. The highest BCUT2D eigenvalue weighted by Crippen LogP contribution is 2.50. The van der Waals surface area contributed by atoms with Gasteiger partial charge in [-0.25, -0.2) is 0 Å². The van der Waals surface area contributed by atoms with Crippen molar-refractivity contribution in [3.05, 3.63) is 430 Å². The number of benzene rings is 14. The summed E-state index contributed by atoms with van der Waals surface area (Å²) in [5.74, 6) is 6.72. The van der Waals surface area contributed by atoms with E-state index in [2.05, 4.69) is 0 Å². The molecule has 0 bridgehead atoms. The molecule has 572 valence electrons. The van der Waals surface area contributed by atoms with Gasteiger partial charge in [0.25, 0.3) is 0 Å². The van der Waals surface area contributed by atoms with Crippen LogP contribution in [0.25, 0.3) is 0 Å². The van der Waals surface area contributed by atoms with Crippen molar-refractivity contribution in [1.82, 2.24) is 0 Å². The van der Waals surface area contributed by atoms with Gasteiger partial charge in [0.15, 0.2) is 29.1 Å². The summed E-state index contributed by atoms with van der Waals surface area (Å²) < 4.78 is 78.5. The maximum Gasteiger partial charge on any atom is 0.203 e. The molecule has 114 heavy (non-hydrogen) atoms. The van der Waals surface area contributed by atoms with E-state index in [1.807, 2.05) is 352 Å². The molecule has 16 rings (SSSR count). The Balaban J connectivity index is 0.000000180. The highest BCUT2D eigenvalue weighted by Gasteiger charge is 2.36.